The fourth-order valence-corrected chi connectivity index (χ4v) is 2.94. The van der Waals surface area contributed by atoms with Gasteiger partial charge in [0.05, 0.1) is 0 Å². The minimum atomic E-state index is -0.211. The Kier molecular flexibility index (Phi) is 3.74. The van der Waals surface area contributed by atoms with Gasteiger partial charge in [0.25, 0.3) is 0 Å². The van der Waals surface area contributed by atoms with E-state index >= 15 is 0 Å². The number of carbonyl (C=O) groups excluding carboxylic acids is 1. The highest BCUT2D eigenvalue weighted by Gasteiger charge is 2.28. The predicted molar refractivity (Wildman–Crippen MR) is 77.1 cm³/mol. The van der Waals surface area contributed by atoms with E-state index in [1.54, 1.807) is 0 Å². The molecule has 0 saturated heterocycles. The van der Waals surface area contributed by atoms with Crippen LogP contribution in [0.5, 0.6) is 0 Å². The van der Waals surface area contributed by atoms with Crippen molar-refractivity contribution >= 4 is 11.6 Å². The average molecular weight is 276 g/mol. The van der Waals surface area contributed by atoms with Gasteiger partial charge in [-0.05, 0) is 43.0 Å². The van der Waals surface area contributed by atoms with Crippen molar-refractivity contribution in [2.75, 3.05) is 11.9 Å². The van der Waals surface area contributed by atoms with Crippen molar-refractivity contribution in [2.24, 2.45) is 5.92 Å². The fraction of sp³-hybridized carbons (Fsp3) is 0.562. The molecular weight excluding hydrogens is 255 g/mol. The van der Waals surface area contributed by atoms with Crippen LogP contribution in [-0.4, -0.2) is 12.5 Å². The number of amides is 1. The molecule has 1 saturated carbocycles. The minimum absolute atomic E-state index is 0.0223. The third-order valence-electron chi connectivity index (χ3n) is 4.21. The molecule has 1 unspecified atom stereocenters. The Labute approximate surface area is 118 Å². The van der Waals surface area contributed by atoms with E-state index in [2.05, 4.69) is 17.6 Å². The second-order valence-electron chi connectivity index (χ2n) is 5.87. The number of rotatable bonds is 5. The lowest BCUT2D eigenvalue weighted by Gasteiger charge is -2.23. The van der Waals surface area contributed by atoms with Crippen LogP contribution in [0, 0.1) is 11.7 Å². The van der Waals surface area contributed by atoms with Crippen molar-refractivity contribution < 1.29 is 9.18 Å². The number of halogens is 1. The molecular formula is C16H21FN2O. The highest BCUT2D eigenvalue weighted by Crippen LogP contribution is 2.39. The first-order valence-electron chi connectivity index (χ1n) is 7.53. The molecule has 1 heterocycles. The zero-order valence-electron chi connectivity index (χ0n) is 11.8. The summed E-state index contributed by atoms with van der Waals surface area (Å²) in [5, 5.41) is 6.15. The molecule has 1 aliphatic carbocycles. The third-order valence-corrected chi connectivity index (χ3v) is 4.21. The summed E-state index contributed by atoms with van der Waals surface area (Å²) in [4.78, 5) is 11.4. The van der Waals surface area contributed by atoms with Crippen LogP contribution in [0.3, 0.4) is 0 Å². The van der Waals surface area contributed by atoms with E-state index in [-0.39, 0.29) is 17.8 Å². The third kappa shape index (κ3) is 2.85. The molecule has 1 aromatic carbocycles. The van der Waals surface area contributed by atoms with Crippen molar-refractivity contribution in [1.82, 2.24) is 5.32 Å². The minimum Gasteiger partial charge on any atom is -0.326 e. The summed E-state index contributed by atoms with van der Waals surface area (Å²) in [5.74, 6) is 0.512. The van der Waals surface area contributed by atoms with Gasteiger partial charge in [-0.15, -0.1) is 0 Å². The molecule has 4 heteroatoms. The number of hydrogen-bond acceptors (Lipinski definition) is 2. The van der Waals surface area contributed by atoms with Crippen LogP contribution < -0.4 is 10.6 Å². The van der Waals surface area contributed by atoms with Gasteiger partial charge in [0.1, 0.15) is 5.82 Å². The van der Waals surface area contributed by atoms with Gasteiger partial charge in [0.15, 0.2) is 0 Å². The fourth-order valence-electron chi connectivity index (χ4n) is 2.94. The lowest BCUT2D eigenvalue weighted by molar-refractivity contribution is -0.116. The van der Waals surface area contributed by atoms with Gasteiger partial charge >= 0.3 is 0 Å². The van der Waals surface area contributed by atoms with Crippen molar-refractivity contribution in [3.05, 3.63) is 29.1 Å². The Morgan fingerprint density at radius 3 is 2.90 bits per heavy atom. The number of hydrogen-bond donors (Lipinski definition) is 2. The zero-order chi connectivity index (χ0) is 14.1. The molecule has 1 fully saturated rings. The topological polar surface area (TPSA) is 41.1 Å². The van der Waals surface area contributed by atoms with E-state index in [0.29, 0.717) is 18.5 Å². The van der Waals surface area contributed by atoms with E-state index in [1.165, 1.54) is 18.9 Å². The standard InChI is InChI=1S/C16H21FN2O/c1-2-18-15(7-10-3-4-10)12-8-11-5-6-16(20)19-14(11)9-13(12)17/h8-10,15,18H,2-7H2,1H3,(H,19,20). The first-order valence-corrected chi connectivity index (χ1v) is 7.53. The Morgan fingerprint density at radius 1 is 1.40 bits per heavy atom. The molecule has 108 valence electrons. The van der Waals surface area contributed by atoms with Crippen molar-refractivity contribution in [1.29, 1.82) is 0 Å². The van der Waals surface area contributed by atoms with E-state index in [0.717, 1.165) is 30.0 Å². The molecule has 0 spiro atoms. The van der Waals surface area contributed by atoms with Crippen molar-refractivity contribution in [3.8, 4) is 0 Å². The maximum Gasteiger partial charge on any atom is 0.224 e. The van der Waals surface area contributed by atoms with Gasteiger partial charge in [-0.25, -0.2) is 4.39 Å². The molecule has 1 amide bonds. The second-order valence-corrected chi connectivity index (χ2v) is 5.87. The molecule has 0 aromatic heterocycles. The summed E-state index contributed by atoms with van der Waals surface area (Å²) in [7, 11) is 0. The van der Waals surface area contributed by atoms with Crippen LogP contribution in [0.25, 0.3) is 0 Å². The number of benzene rings is 1. The van der Waals surface area contributed by atoms with Crippen LogP contribution in [0.4, 0.5) is 10.1 Å². The van der Waals surface area contributed by atoms with E-state index in [9.17, 15) is 9.18 Å². The number of carbonyl (C=O) groups is 1. The molecule has 1 atom stereocenters. The van der Waals surface area contributed by atoms with Gasteiger partial charge in [-0.2, -0.15) is 0 Å². The highest BCUT2D eigenvalue weighted by molar-refractivity contribution is 5.93. The molecule has 3 rings (SSSR count). The SMILES string of the molecule is CCNC(CC1CC1)c1cc2c(cc1F)NC(=O)CC2. The molecule has 0 radical (unpaired) electrons. The number of aryl methyl sites for hydroxylation is 1. The zero-order valence-corrected chi connectivity index (χ0v) is 11.8. The van der Waals surface area contributed by atoms with Gasteiger partial charge < -0.3 is 10.6 Å². The number of anilines is 1. The summed E-state index contributed by atoms with van der Waals surface area (Å²) in [6, 6.07) is 3.52. The highest BCUT2D eigenvalue weighted by atomic mass is 19.1. The molecule has 1 aliphatic heterocycles. The van der Waals surface area contributed by atoms with Crippen LogP contribution in [-0.2, 0) is 11.2 Å². The first kappa shape index (κ1) is 13.6. The van der Waals surface area contributed by atoms with Crippen LogP contribution in [0.1, 0.15) is 49.8 Å². The smallest absolute Gasteiger partial charge is 0.224 e. The van der Waals surface area contributed by atoms with Crippen LogP contribution >= 0.6 is 0 Å². The summed E-state index contributed by atoms with van der Waals surface area (Å²) in [6.07, 6.45) is 4.74. The van der Waals surface area contributed by atoms with Gasteiger partial charge in [-0.3, -0.25) is 4.79 Å². The van der Waals surface area contributed by atoms with Crippen molar-refractivity contribution in [2.45, 2.75) is 45.1 Å². The van der Waals surface area contributed by atoms with Crippen LogP contribution in [0.2, 0.25) is 0 Å². The first-order chi connectivity index (χ1) is 9.67. The van der Waals surface area contributed by atoms with Gasteiger partial charge in [0.2, 0.25) is 5.91 Å². The molecule has 1 aromatic rings. The summed E-state index contributed by atoms with van der Waals surface area (Å²) < 4.78 is 14.4. The Morgan fingerprint density at radius 2 is 2.20 bits per heavy atom. The predicted octanol–water partition coefficient (Wildman–Crippen LogP) is 3.16. The lowest BCUT2D eigenvalue weighted by Crippen LogP contribution is -2.24. The van der Waals surface area contributed by atoms with Crippen molar-refractivity contribution in [3.63, 3.8) is 0 Å². The van der Waals surface area contributed by atoms with E-state index in [4.69, 9.17) is 0 Å². The lowest BCUT2D eigenvalue weighted by atomic mass is 9.94. The number of fused-ring (bicyclic) bond motifs is 1. The monoisotopic (exact) mass is 276 g/mol. The second kappa shape index (κ2) is 5.52. The average Bonchev–Trinajstić information content (AvgIpc) is 3.21. The molecule has 3 nitrogen and oxygen atoms in total. The summed E-state index contributed by atoms with van der Waals surface area (Å²) in [6.45, 7) is 2.89. The van der Waals surface area contributed by atoms with E-state index in [1.807, 2.05) is 6.07 Å². The van der Waals surface area contributed by atoms with Gasteiger partial charge in [0, 0.05) is 23.7 Å². The van der Waals surface area contributed by atoms with Crippen LogP contribution in [0.15, 0.2) is 12.1 Å². The Balaban J connectivity index is 1.88. The normalized spacial score (nSPS) is 19.4. The Bertz CT molecular complexity index is 525. The Hall–Kier alpha value is -1.42. The van der Waals surface area contributed by atoms with E-state index < -0.39 is 0 Å². The summed E-state index contributed by atoms with van der Waals surface area (Å²) >= 11 is 0. The largest absolute Gasteiger partial charge is 0.326 e. The maximum absolute atomic E-state index is 14.4. The van der Waals surface area contributed by atoms with Gasteiger partial charge in [-0.1, -0.05) is 19.8 Å². The maximum atomic E-state index is 14.4. The summed E-state index contributed by atoms with van der Waals surface area (Å²) in [5.41, 5.74) is 2.46. The molecule has 20 heavy (non-hydrogen) atoms. The quantitative estimate of drug-likeness (QED) is 0.867. The number of nitrogens with one attached hydrogen (secondary N) is 2. The molecule has 2 aliphatic rings. The molecule has 2 N–H and O–H groups in total. The molecule has 0 bridgehead atoms.